The minimum absolute atomic E-state index is 0.334. The molecule has 0 saturated heterocycles. The van der Waals surface area contributed by atoms with Gasteiger partial charge in [-0.1, -0.05) is 6.08 Å². The first-order valence-electron chi connectivity index (χ1n) is 5.09. The van der Waals surface area contributed by atoms with Gasteiger partial charge >= 0.3 is 18.2 Å². The second kappa shape index (κ2) is 8.91. The van der Waals surface area contributed by atoms with Crippen LogP contribution in [0.15, 0.2) is 12.7 Å². The van der Waals surface area contributed by atoms with Crippen molar-refractivity contribution in [2.24, 2.45) is 0 Å². The number of methoxy groups -OCH3 is 1. The first-order valence-corrected chi connectivity index (χ1v) is 5.09. The molecule has 0 aromatic heterocycles. The van der Waals surface area contributed by atoms with Gasteiger partial charge < -0.3 is 14.2 Å². The lowest BCUT2D eigenvalue weighted by Gasteiger charge is -2.14. The van der Waals surface area contributed by atoms with Gasteiger partial charge in [0.2, 0.25) is 0 Å². The molecule has 92 valence electrons. The monoisotopic (exact) mass is 230 g/mol. The predicted molar refractivity (Wildman–Crippen MR) is 57.6 cm³/mol. The smallest absolute Gasteiger partial charge is 0.376 e. The van der Waals surface area contributed by atoms with E-state index in [1.165, 1.54) is 14.0 Å². The minimum Gasteiger partial charge on any atom is -0.464 e. The van der Waals surface area contributed by atoms with Crippen molar-refractivity contribution >= 4 is 11.9 Å². The van der Waals surface area contributed by atoms with Crippen LogP contribution in [-0.4, -0.2) is 31.9 Å². The van der Waals surface area contributed by atoms with Crippen molar-refractivity contribution in [1.82, 2.24) is 0 Å². The molecular weight excluding hydrogens is 212 g/mol. The Hall–Kier alpha value is -1.36. The van der Waals surface area contributed by atoms with E-state index in [-0.39, 0.29) is 0 Å². The van der Waals surface area contributed by atoms with Gasteiger partial charge in [0.1, 0.15) is 0 Å². The highest BCUT2D eigenvalue weighted by molar-refractivity contribution is 5.77. The summed E-state index contributed by atoms with van der Waals surface area (Å²) in [5.41, 5.74) is 0. The molecule has 16 heavy (non-hydrogen) atoms. The van der Waals surface area contributed by atoms with Crippen LogP contribution in [0.3, 0.4) is 0 Å². The van der Waals surface area contributed by atoms with Gasteiger partial charge in [0.15, 0.2) is 0 Å². The quantitative estimate of drug-likeness (QED) is 0.273. The first-order chi connectivity index (χ1) is 7.61. The van der Waals surface area contributed by atoms with Crippen molar-refractivity contribution in [3.8, 4) is 0 Å². The largest absolute Gasteiger partial charge is 0.464 e. The van der Waals surface area contributed by atoms with E-state index in [0.717, 1.165) is 19.3 Å². The van der Waals surface area contributed by atoms with Gasteiger partial charge in [-0.05, 0) is 19.3 Å². The number of allylic oxidation sites excluding steroid dienone is 1. The van der Waals surface area contributed by atoms with Crippen molar-refractivity contribution in [3.05, 3.63) is 12.7 Å². The van der Waals surface area contributed by atoms with Crippen LogP contribution in [-0.2, 0) is 23.8 Å². The molecule has 0 amide bonds. The van der Waals surface area contributed by atoms with E-state index >= 15 is 0 Å². The van der Waals surface area contributed by atoms with Crippen LogP contribution in [0, 0.1) is 0 Å². The fourth-order valence-corrected chi connectivity index (χ4v) is 0.978. The summed E-state index contributed by atoms with van der Waals surface area (Å²) in [4.78, 5) is 21.8. The molecule has 0 aromatic carbocycles. The lowest BCUT2D eigenvalue weighted by atomic mass is 10.2. The second-order valence-corrected chi connectivity index (χ2v) is 3.12. The molecule has 0 saturated carbocycles. The van der Waals surface area contributed by atoms with Gasteiger partial charge in [0.25, 0.3) is 0 Å². The summed E-state index contributed by atoms with van der Waals surface area (Å²) in [6.07, 6.45) is 3.12. The van der Waals surface area contributed by atoms with E-state index in [9.17, 15) is 9.59 Å². The van der Waals surface area contributed by atoms with Gasteiger partial charge in [-0.3, -0.25) is 4.79 Å². The summed E-state index contributed by atoms with van der Waals surface area (Å²) in [6.45, 7) is 5.13. The molecule has 0 aliphatic heterocycles. The molecule has 0 aliphatic carbocycles. The van der Waals surface area contributed by atoms with Crippen LogP contribution < -0.4 is 0 Å². The summed E-state index contributed by atoms with van der Waals surface area (Å²) < 4.78 is 14.2. The molecule has 1 unspecified atom stereocenters. The average Bonchev–Trinajstić information content (AvgIpc) is 2.25. The zero-order chi connectivity index (χ0) is 12.4. The third-order valence-corrected chi connectivity index (χ3v) is 1.74. The Bertz CT molecular complexity index is 237. The van der Waals surface area contributed by atoms with E-state index in [4.69, 9.17) is 4.74 Å². The second-order valence-electron chi connectivity index (χ2n) is 3.12. The molecule has 0 spiro atoms. The maximum Gasteiger partial charge on any atom is 0.376 e. The average molecular weight is 230 g/mol. The number of ether oxygens (including phenoxy) is 3. The Labute approximate surface area is 95.4 Å². The third kappa shape index (κ3) is 7.00. The van der Waals surface area contributed by atoms with Crippen LogP contribution in [0.4, 0.5) is 0 Å². The van der Waals surface area contributed by atoms with Gasteiger partial charge in [0.05, 0.1) is 13.7 Å². The summed E-state index contributed by atoms with van der Waals surface area (Å²) in [5.74, 6) is -1.29. The van der Waals surface area contributed by atoms with Crippen LogP contribution in [0.1, 0.15) is 26.2 Å². The first kappa shape index (κ1) is 14.6. The SMILES string of the molecule is C=CCCCCOC(OC(C)=O)C(=O)OC. The molecule has 0 bridgehead atoms. The number of carbonyl (C=O) groups is 2. The standard InChI is InChI=1S/C11H18O5/c1-4-5-6-7-8-15-11(10(13)14-3)16-9(2)12/h4,11H,1,5-8H2,2-3H3. The number of carbonyl (C=O) groups excluding carboxylic acids is 2. The van der Waals surface area contributed by atoms with E-state index < -0.39 is 18.2 Å². The molecule has 0 radical (unpaired) electrons. The van der Waals surface area contributed by atoms with Crippen LogP contribution in [0.25, 0.3) is 0 Å². The lowest BCUT2D eigenvalue weighted by Crippen LogP contribution is -2.30. The maximum atomic E-state index is 11.1. The molecule has 1 atom stereocenters. The molecule has 0 N–H and O–H groups in total. The van der Waals surface area contributed by atoms with Crippen molar-refractivity contribution < 1.29 is 23.8 Å². The zero-order valence-electron chi connectivity index (χ0n) is 9.73. The Morgan fingerprint density at radius 2 is 2.06 bits per heavy atom. The number of unbranched alkanes of at least 4 members (excludes halogenated alkanes) is 2. The number of hydrogen-bond acceptors (Lipinski definition) is 5. The van der Waals surface area contributed by atoms with Gasteiger partial charge in [-0.15, -0.1) is 6.58 Å². The van der Waals surface area contributed by atoms with Crippen molar-refractivity contribution in [1.29, 1.82) is 0 Å². The summed E-state index contributed by atoms with van der Waals surface area (Å²) in [7, 11) is 1.21. The summed E-state index contributed by atoms with van der Waals surface area (Å²) >= 11 is 0. The molecule has 5 nitrogen and oxygen atoms in total. The minimum atomic E-state index is -1.26. The molecular formula is C11H18O5. The Morgan fingerprint density at radius 3 is 2.56 bits per heavy atom. The number of esters is 2. The Balaban J connectivity index is 3.87. The van der Waals surface area contributed by atoms with Crippen molar-refractivity contribution in [2.45, 2.75) is 32.5 Å². The summed E-state index contributed by atoms with van der Waals surface area (Å²) in [5, 5.41) is 0. The van der Waals surface area contributed by atoms with Crippen molar-refractivity contribution in [2.75, 3.05) is 13.7 Å². The molecule has 0 heterocycles. The van der Waals surface area contributed by atoms with E-state index in [1.807, 2.05) is 6.08 Å². The fourth-order valence-electron chi connectivity index (χ4n) is 0.978. The normalized spacial score (nSPS) is 11.6. The van der Waals surface area contributed by atoms with Gasteiger partial charge in [0, 0.05) is 6.92 Å². The highest BCUT2D eigenvalue weighted by Gasteiger charge is 2.22. The predicted octanol–water partition coefficient (Wildman–Crippen LogP) is 1.42. The molecule has 0 fully saturated rings. The Morgan fingerprint density at radius 1 is 1.38 bits per heavy atom. The fraction of sp³-hybridized carbons (Fsp3) is 0.636. The molecule has 0 aromatic rings. The number of rotatable bonds is 8. The third-order valence-electron chi connectivity index (χ3n) is 1.74. The molecule has 5 heteroatoms. The topological polar surface area (TPSA) is 61.8 Å². The highest BCUT2D eigenvalue weighted by atomic mass is 16.7. The highest BCUT2D eigenvalue weighted by Crippen LogP contribution is 2.02. The molecule has 0 rings (SSSR count). The van der Waals surface area contributed by atoms with Gasteiger partial charge in [-0.2, -0.15) is 0 Å². The van der Waals surface area contributed by atoms with Crippen LogP contribution in [0.5, 0.6) is 0 Å². The zero-order valence-corrected chi connectivity index (χ0v) is 9.73. The summed E-state index contributed by atoms with van der Waals surface area (Å²) in [6, 6.07) is 0. The van der Waals surface area contributed by atoms with E-state index in [0.29, 0.717) is 6.61 Å². The van der Waals surface area contributed by atoms with Gasteiger partial charge in [-0.25, -0.2) is 4.79 Å². The number of hydrogen-bond donors (Lipinski definition) is 0. The lowest BCUT2D eigenvalue weighted by molar-refractivity contribution is -0.198. The molecule has 0 aliphatic rings. The van der Waals surface area contributed by atoms with Crippen molar-refractivity contribution in [3.63, 3.8) is 0 Å². The maximum absolute atomic E-state index is 11.1. The van der Waals surface area contributed by atoms with E-state index in [1.54, 1.807) is 0 Å². The van der Waals surface area contributed by atoms with E-state index in [2.05, 4.69) is 16.1 Å². The van der Waals surface area contributed by atoms with Crippen LogP contribution >= 0.6 is 0 Å². The van der Waals surface area contributed by atoms with Crippen LogP contribution in [0.2, 0.25) is 0 Å². The Kier molecular flexibility index (Phi) is 8.15.